The van der Waals surface area contributed by atoms with E-state index >= 15 is 0 Å². The molecule has 0 aliphatic carbocycles. The van der Waals surface area contributed by atoms with Crippen molar-refractivity contribution in [3.05, 3.63) is 0 Å². The second kappa shape index (κ2) is 6.00. The summed E-state index contributed by atoms with van der Waals surface area (Å²) in [6.45, 7) is 5.42. The molecule has 98 valence electrons. The molecule has 1 heterocycles. The molecule has 0 aromatic rings. The lowest BCUT2D eigenvalue weighted by molar-refractivity contribution is -0.137. The number of carbonyl (C=O) groups excluding carboxylic acids is 2. The molecule has 1 aliphatic heterocycles. The van der Waals surface area contributed by atoms with Gasteiger partial charge in [0, 0.05) is 33.2 Å². The maximum Gasteiger partial charge on any atom is 0.247 e. The van der Waals surface area contributed by atoms with E-state index in [0.29, 0.717) is 26.1 Å². The first-order valence-corrected chi connectivity index (χ1v) is 6.06. The monoisotopic (exact) mass is 242 g/mol. The lowest BCUT2D eigenvalue weighted by Gasteiger charge is -2.28. The van der Waals surface area contributed by atoms with E-state index in [-0.39, 0.29) is 11.8 Å². The van der Waals surface area contributed by atoms with Crippen molar-refractivity contribution in [1.82, 2.24) is 10.2 Å². The molecule has 2 amide bonds. The summed E-state index contributed by atoms with van der Waals surface area (Å²) >= 11 is 0. The number of rotatable bonds is 5. The van der Waals surface area contributed by atoms with Gasteiger partial charge in [-0.25, -0.2) is 0 Å². The zero-order valence-corrected chi connectivity index (χ0v) is 10.9. The van der Waals surface area contributed by atoms with Gasteiger partial charge in [0.2, 0.25) is 11.8 Å². The molecule has 5 heteroatoms. The van der Waals surface area contributed by atoms with Crippen LogP contribution < -0.4 is 5.32 Å². The highest BCUT2D eigenvalue weighted by Crippen LogP contribution is 2.13. The zero-order valence-electron chi connectivity index (χ0n) is 10.9. The molecule has 1 saturated heterocycles. The van der Waals surface area contributed by atoms with E-state index in [4.69, 9.17) is 4.74 Å². The third-order valence-corrected chi connectivity index (χ3v) is 2.91. The average Bonchev–Trinajstić information content (AvgIpc) is 2.34. The molecule has 5 nitrogen and oxygen atoms in total. The first-order chi connectivity index (χ1) is 7.97. The Morgan fingerprint density at radius 1 is 1.35 bits per heavy atom. The van der Waals surface area contributed by atoms with E-state index in [0.717, 1.165) is 12.8 Å². The smallest absolute Gasteiger partial charge is 0.247 e. The fourth-order valence-corrected chi connectivity index (χ4v) is 1.96. The predicted octanol–water partition coefficient (Wildman–Crippen LogP) is 0.540. The van der Waals surface area contributed by atoms with E-state index in [9.17, 15) is 9.59 Å². The third-order valence-electron chi connectivity index (χ3n) is 2.91. The van der Waals surface area contributed by atoms with Crippen molar-refractivity contribution in [2.45, 2.75) is 38.6 Å². The molecule has 0 bridgehead atoms. The van der Waals surface area contributed by atoms with E-state index in [2.05, 4.69) is 5.32 Å². The minimum absolute atomic E-state index is 0.000710. The van der Waals surface area contributed by atoms with Gasteiger partial charge in [-0.2, -0.15) is 0 Å². The quantitative estimate of drug-likeness (QED) is 0.716. The standard InChI is InChI=1S/C12H22N2O3/c1-12(2)11(16)14(7-4-5-9-17-3)8-6-10(15)13-12/h4-9H2,1-3H3,(H,13,15). The molecule has 0 spiro atoms. The third kappa shape index (κ3) is 4.00. The molecule has 1 aliphatic rings. The van der Waals surface area contributed by atoms with Crippen molar-refractivity contribution in [2.24, 2.45) is 0 Å². The van der Waals surface area contributed by atoms with Crippen molar-refractivity contribution in [2.75, 3.05) is 26.8 Å². The second-order valence-corrected chi connectivity index (χ2v) is 4.92. The number of amides is 2. The molecule has 0 atom stereocenters. The van der Waals surface area contributed by atoms with Crippen LogP contribution in [-0.2, 0) is 14.3 Å². The van der Waals surface area contributed by atoms with Gasteiger partial charge in [-0.05, 0) is 26.7 Å². The molecular formula is C12H22N2O3. The highest BCUT2D eigenvalue weighted by atomic mass is 16.5. The topological polar surface area (TPSA) is 58.6 Å². The van der Waals surface area contributed by atoms with Crippen molar-refractivity contribution in [1.29, 1.82) is 0 Å². The molecule has 0 aromatic heterocycles. The number of carbonyl (C=O) groups is 2. The Morgan fingerprint density at radius 2 is 2.06 bits per heavy atom. The maximum absolute atomic E-state index is 12.2. The van der Waals surface area contributed by atoms with Crippen LogP contribution in [-0.4, -0.2) is 49.1 Å². The summed E-state index contributed by atoms with van der Waals surface area (Å²) in [5.41, 5.74) is -0.783. The fraction of sp³-hybridized carbons (Fsp3) is 0.833. The average molecular weight is 242 g/mol. The second-order valence-electron chi connectivity index (χ2n) is 4.92. The lowest BCUT2D eigenvalue weighted by Crippen LogP contribution is -2.52. The first-order valence-electron chi connectivity index (χ1n) is 6.06. The van der Waals surface area contributed by atoms with Crippen molar-refractivity contribution in [3.63, 3.8) is 0 Å². The minimum Gasteiger partial charge on any atom is -0.385 e. The summed E-state index contributed by atoms with van der Waals surface area (Å²) in [6, 6.07) is 0. The van der Waals surface area contributed by atoms with Crippen molar-refractivity contribution < 1.29 is 14.3 Å². The van der Waals surface area contributed by atoms with Crippen LogP contribution in [0.15, 0.2) is 0 Å². The van der Waals surface area contributed by atoms with Crippen molar-refractivity contribution in [3.8, 4) is 0 Å². The fourth-order valence-electron chi connectivity index (χ4n) is 1.96. The summed E-state index contributed by atoms with van der Waals surface area (Å²) in [5.74, 6) is -0.0523. The van der Waals surface area contributed by atoms with Crippen LogP contribution >= 0.6 is 0 Å². The number of nitrogens with zero attached hydrogens (tertiary/aromatic N) is 1. The zero-order chi connectivity index (χ0) is 12.9. The Balaban J connectivity index is 2.52. The maximum atomic E-state index is 12.2. The van der Waals surface area contributed by atoms with Gasteiger partial charge in [0.1, 0.15) is 5.54 Å². The van der Waals surface area contributed by atoms with Gasteiger partial charge >= 0.3 is 0 Å². The van der Waals surface area contributed by atoms with Gasteiger partial charge in [0.15, 0.2) is 0 Å². The lowest BCUT2D eigenvalue weighted by atomic mass is 10.0. The summed E-state index contributed by atoms with van der Waals surface area (Å²) < 4.78 is 4.97. The summed E-state index contributed by atoms with van der Waals surface area (Å²) in [5, 5.41) is 2.74. The number of methoxy groups -OCH3 is 1. The Kier molecular flexibility index (Phi) is 4.93. The predicted molar refractivity (Wildman–Crippen MR) is 64.5 cm³/mol. The SMILES string of the molecule is COCCCCN1CCC(=O)NC(C)(C)C1=O. The minimum atomic E-state index is -0.783. The number of nitrogens with one attached hydrogen (secondary N) is 1. The van der Waals surface area contributed by atoms with E-state index < -0.39 is 5.54 Å². The summed E-state index contributed by atoms with van der Waals surface area (Å²) in [4.78, 5) is 25.4. The van der Waals surface area contributed by atoms with Crippen LogP contribution in [0.5, 0.6) is 0 Å². The Hall–Kier alpha value is -1.10. The summed E-state index contributed by atoms with van der Waals surface area (Å²) in [7, 11) is 1.67. The van der Waals surface area contributed by atoms with E-state index in [1.165, 1.54) is 0 Å². The molecule has 0 unspecified atom stereocenters. The number of ether oxygens (including phenoxy) is 1. The molecule has 1 N–H and O–H groups in total. The molecule has 1 rings (SSSR count). The van der Waals surface area contributed by atoms with Gasteiger partial charge in [-0.15, -0.1) is 0 Å². The van der Waals surface area contributed by atoms with E-state index in [1.807, 2.05) is 0 Å². The highest BCUT2D eigenvalue weighted by Gasteiger charge is 2.35. The number of unbranched alkanes of at least 4 members (excludes halogenated alkanes) is 1. The Labute approximate surface area is 102 Å². The number of hydrogen-bond acceptors (Lipinski definition) is 3. The van der Waals surface area contributed by atoms with Gasteiger partial charge < -0.3 is 15.0 Å². The normalized spacial score (nSPS) is 20.1. The van der Waals surface area contributed by atoms with E-state index in [1.54, 1.807) is 25.9 Å². The molecular weight excluding hydrogens is 220 g/mol. The van der Waals surface area contributed by atoms with Crippen LogP contribution in [0.2, 0.25) is 0 Å². The molecule has 17 heavy (non-hydrogen) atoms. The molecule has 0 radical (unpaired) electrons. The van der Waals surface area contributed by atoms with Gasteiger partial charge in [0.25, 0.3) is 0 Å². The van der Waals surface area contributed by atoms with Gasteiger partial charge in [-0.1, -0.05) is 0 Å². The molecule has 0 aromatic carbocycles. The largest absolute Gasteiger partial charge is 0.385 e. The molecule has 0 saturated carbocycles. The van der Waals surface area contributed by atoms with Crippen LogP contribution in [0, 0.1) is 0 Å². The highest BCUT2D eigenvalue weighted by molar-refractivity contribution is 5.92. The van der Waals surface area contributed by atoms with Gasteiger partial charge in [0.05, 0.1) is 0 Å². The molecule has 1 fully saturated rings. The Morgan fingerprint density at radius 3 is 2.71 bits per heavy atom. The summed E-state index contributed by atoms with van der Waals surface area (Å²) in [6.07, 6.45) is 2.23. The van der Waals surface area contributed by atoms with Crippen LogP contribution in [0.25, 0.3) is 0 Å². The van der Waals surface area contributed by atoms with Crippen LogP contribution in [0.4, 0.5) is 0 Å². The van der Waals surface area contributed by atoms with Crippen LogP contribution in [0.1, 0.15) is 33.1 Å². The Bertz CT molecular complexity index is 289. The van der Waals surface area contributed by atoms with Gasteiger partial charge in [-0.3, -0.25) is 9.59 Å². The van der Waals surface area contributed by atoms with Crippen LogP contribution in [0.3, 0.4) is 0 Å². The number of hydrogen-bond donors (Lipinski definition) is 1. The first kappa shape index (κ1) is 14.0. The van der Waals surface area contributed by atoms with Crippen molar-refractivity contribution >= 4 is 11.8 Å².